The number of nitrogens with one attached hydrogen (secondary N) is 1. The van der Waals surface area contributed by atoms with Crippen LogP contribution in [0.25, 0.3) is 0 Å². The lowest BCUT2D eigenvalue weighted by Gasteiger charge is -2.50. The topological polar surface area (TPSA) is 102 Å². The van der Waals surface area contributed by atoms with Crippen molar-refractivity contribution in [2.24, 2.45) is 17.8 Å². The molecule has 0 radical (unpaired) electrons. The first-order valence-electron chi connectivity index (χ1n) is 16.5. The zero-order chi connectivity index (χ0) is 32.9. The SMILES string of the molecule is CO[C@@]1(CC(C)=O)/C=C/C[C@H](C)[C@@H](C)S(=O)(=O)NC(=O)c2ccc3c(c2)N(C[C@@H]2CC[C@H]21)C[C@@]1(CCCc2cc(Cl)ccc21)CO3. The number of nitrogens with zero attached hydrogens (tertiary/aromatic N) is 1. The van der Waals surface area contributed by atoms with Crippen LogP contribution in [-0.4, -0.2) is 57.8 Å². The van der Waals surface area contributed by atoms with Crippen LogP contribution in [0, 0.1) is 17.8 Å². The first-order valence-corrected chi connectivity index (χ1v) is 18.4. The number of carbonyl (C=O) groups is 2. The Morgan fingerprint density at radius 2 is 1.98 bits per heavy atom. The van der Waals surface area contributed by atoms with E-state index < -0.39 is 26.8 Å². The number of aryl methyl sites for hydroxylation is 1. The summed E-state index contributed by atoms with van der Waals surface area (Å²) in [5.41, 5.74) is 2.43. The molecule has 0 unspecified atom stereocenters. The lowest BCUT2D eigenvalue weighted by atomic mass is 9.62. The summed E-state index contributed by atoms with van der Waals surface area (Å²) < 4.78 is 41.9. The molecule has 8 nitrogen and oxygen atoms in total. The summed E-state index contributed by atoms with van der Waals surface area (Å²) in [4.78, 5) is 28.5. The molecular weight excluding hydrogens is 624 g/mol. The van der Waals surface area contributed by atoms with Crippen LogP contribution in [0.4, 0.5) is 5.69 Å². The number of halogens is 1. The minimum Gasteiger partial charge on any atom is -0.490 e. The van der Waals surface area contributed by atoms with Crippen LogP contribution in [0.15, 0.2) is 48.6 Å². The van der Waals surface area contributed by atoms with E-state index in [2.05, 4.69) is 21.8 Å². The van der Waals surface area contributed by atoms with E-state index in [0.717, 1.165) is 42.8 Å². The minimum absolute atomic E-state index is 0.0489. The Morgan fingerprint density at radius 3 is 2.70 bits per heavy atom. The molecule has 2 aliphatic heterocycles. The van der Waals surface area contributed by atoms with Gasteiger partial charge in [0.1, 0.15) is 11.5 Å². The molecule has 4 aliphatic rings. The smallest absolute Gasteiger partial charge is 0.264 e. The van der Waals surface area contributed by atoms with Crippen LogP contribution in [0.2, 0.25) is 5.02 Å². The number of ether oxygens (including phenoxy) is 2. The van der Waals surface area contributed by atoms with Crippen molar-refractivity contribution in [2.45, 2.75) is 82.0 Å². The van der Waals surface area contributed by atoms with Crippen molar-refractivity contribution in [3.8, 4) is 5.75 Å². The maximum Gasteiger partial charge on any atom is 0.264 e. The number of carbonyl (C=O) groups excluding carboxylic acids is 2. The van der Waals surface area contributed by atoms with Crippen molar-refractivity contribution in [1.82, 2.24) is 4.72 Å². The molecule has 2 aromatic rings. The van der Waals surface area contributed by atoms with Gasteiger partial charge >= 0.3 is 0 Å². The number of methoxy groups -OCH3 is 1. The number of amides is 1. The van der Waals surface area contributed by atoms with Gasteiger partial charge in [0.05, 0.1) is 23.1 Å². The summed E-state index contributed by atoms with van der Waals surface area (Å²) in [6.07, 6.45) is 9.49. The molecule has 46 heavy (non-hydrogen) atoms. The van der Waals surface area contributed by atoms with Crippen LogP contribution in [-0.2, 0) is 31.4 Å². The number of sulfonamides is 1. The highest BCUT2D eigenvalue weighted by Crippen LogP contribution is 2.50. The number of anilines is 1. The van der Waals surface area contributed by atoms with Gasteiger partial charge in [-0.25, -0.2) is 13.1 Å². The zero-order valence-corrected chi connectivity index (χ0v) is 28.8. The first kappa shape index (κ1) is 33.0. The van der Waals surface area contributed by atoms with Gasteiger partial charge in [-0.3, -0.25) is 9.59 Å². The maximum absolute atomic E-state index is 13.5. The Kier molecular flexibility index (Phi) is 9.06. The van der Waals surface area contributed by atoms with Crippen LogP contribution >= 0.6 is 11.6 Å². The van der Waals surface area contributed by atoms with Gasteiger partial charge in [0.15, 0.2) is 0 Å². The standard InChI is InChI=1S/C36H45ClN2O6S/c1-23-7-5-16-36(44-4,19-24(2)40)31-12-9-28(31)20-39-21-35(15-6-8-26-17-29(37)11-13-30(26)35)22-45-33-14-10-27(18-32(33)39)34(41)38-46(42,43)25(23)3/h5,10-11,13-14,16-18,23,25,28,31H,6-9,12,15,19-22H2,1-4H3,(H,38,41)/b16-5+/t23-,25+,28-,31+,35-,36+/m0/s1. The molecular formula is C36H45ClN2O6S. The van der Waals surface area contributed by atoms with Crippen LogP contribution in [0.5, 0.6) is 5.75 Å². The van der Waals surface area contributed by atoms with Gasteiger partial charge in [-0.1, -0.05) is 36.7 Å². The summed E-state index contributed by atoms with van der Waals surface area (Å²) in [5, 5.41) is -0.102. The number of ketones is 1. The Bertz CT molecular complexity index is 1660. The third-order valence-corrected chi connectivity index (χ3v) is 13.3. The van der Waals surface area contributed by atoms with Gasteiger partial charge < -0.3 is 14.4 Å². The fourth-order valence-electron chi connectivity index (χ4n) is 8.22. The maximum atomic E-state index is 13.5. The molecule has 0 saturated heterocycles. The molecule has 2 heterocycles. The van der Waals surface area contributed by atoms with E-state index in [1.54, 1.807) is 39.2 Å². The fourth-order valence-corrected chi connectivity index (χ4v) is 9.70. The van der Waals surface area contributed by atoms with Crippen LogP contribution in [0.3, 0.4) is 0 Å². The van der Waals surface area contributed by atoms with E-state index >= 15 is 0 Å². The molecule has 1 spiro atoms. The van der Waals surface area contributed by atoms with Crippen LogP contribution in [0.1, 0.15) is 80.8 Å². The van der Waals surface area contributed by atoms with Crippen molar-refractivity contribution in [2.75, 3.05) is 31.7 Å². The quantitative estimate of drug-likeness (QED) is 0.386. The highest BCUT2D eigenvalue weighted by atomic mass is 35.5. The molecule has 6 rings (SSSR count). The van der Waals surface area contributed by atoms with Gasteiger partial charge in [0.2, 0.25) is 10.0 Å². The van der Waals surface area contributed by atoms with Crippen molar-refractivity contribution < 1.29 is 27.5 Å². The average molecular weight is 669 g/mol. The number of allylic oxidation sites excluding steroid dienone is 1. The molecule has 248 valence electrons. The molecule has 1 N–H and O–H groups in total. The minimum atomic E-state index is -3.97. The normalized spacial score (nSPS) is 33.0. The highest BCUT2D eigenvalue weighted by Gasteiger charge is 2.49. The second kappa shape index (κ2) is 12.6. The Labute approximate surface area is 277 Å². The summed E-state index contributed by atoms with van der Waals surface area (Å²) in [5.74, 6) is 0.101. The molecule has 2 aliphatic carbocycles. The van der Waals surface area contributed by atoms with Gasteiger partial charge in [-0.15, -0.1) is 0 Å². The molecule has 1 fully saturated rings. The number of hydrogen-bond donors (Lipinski definition) is 1. The van der Waals surface area contributed by atoms with Crippen molar-refractivity contribution >= 4 is 39.0 Å². The lowest BCUT2D eigenvalue weighted by molar-refractivity contribution is -0.129. The van der Waals surface area contributed by atoms with Gasteiger partial charge in [-0.2, -0.15) is 0 Å². The van der Waals surface area contributed by atoms with Crippen molar-refractivity contribution in [1.29, 1.82) is 0 Å². The van der Waals surface area contributed by atoms with E-state index in [1.165, 1.54) is 11.1 Å². The van der Waals surface area contributed by atoms with Gasteiger partial charge in [0.25, 0.3) is 5.91 Å². The van der Waals surface area contributed by atoms with E-state index in [0.29, 0.717) is 31.9 Å². The summed E-state index contributed by atoms with van der Waals surface area (Å²) in [6.45, 7) is 6.90. The second-order valence-corrected chi connectivity index (χ2v) is 16.5. The van der Waals surface area contributed by atoms with E-state index in [4.69, 9.17) is 21.1 Å². The third kappa shape index (κ3) is 6.11. The predicted octanol–water partition coefficient (Wildman–Crippen LogP) is 6.25. The molecule has 0 aromatic heterocycles. The number of Topliss-reactive ketones (excluding diaryl/α,β-unsaturated/α-hetero) is 1. The molecule has 2 bridgehead atoms. The Balaban J connectivity index is 1.47. The molecule has 2 aromatic carbocycles. The van der Waals surface area contributed by atoms with Crippen LogP contribution < -0.4 is 14.4 Å². The Morgan fingerprint density at radius 1 is 1.17 bits per heavy atom. The highest BCUT2D eigenvalue weighted by molar-refractivity contribution is 7.90. The largest absolute Gasteiger partial charge is 0.490 e. The number of hydrogen-bond acceptors (Lipinski definition) is 7. The molecule has 6 atom stereocenters. The monoisotopic (exact) mass is 668 g/mol. The van der Waals surface area contributed by atoms with E-state index in [9.17, 15) is 18.0 Å². The summed E-state index contributed by atoms with van der Waals surface area (Å²) in [7, 11) is -2.30. The second-order valence-electron chi connectivity index (χ2n) is 14.1. The summed E-state index contributed by atoms with van der Waals surface area (Å²) >= 11 is 6.43. The zero-order valence-electron chi connectivity index (χ0n) is 27.2. The lowest BCUT2D eigenvalue weighted by Crippen LogP contribution is -2.53. The van der Waals surface area contributed by atoms with Gasteiger partial charge in [-0.05, 0) is 112 Å². The average Bonchev–Trinajstić information content (AvgIpc) is 3.14. The number of benzene rings is 2. The van der Waals surface area contributed by atoms with E-state index in [1.807, 2.05) is 25.1 Å². The fraction of sp³-hybridized carbons (Fsp3) is 0.556. The first-order chi connectivity index (χ1) is 21.9. The van der Waals surface area contributed by atoms with Crippen molar-refractivity contribution in [3.63, 3.8) is 0 Å². The Hall–Kier alpha value is -2.88. The van der Waals surface area contributed by atoms with E-state index in [-0.39, 0.29) is 40.9 Å². The molecule has 1 amide bonds. The summed E-state index contributed by atoms with van der Waals surface area (Å²) in [6, 6.07) is 11.4. The molecule has 1 saturated carbocycles. The third-order valence-electron chi connectivity index (χ3n) is 11.1. The predicted molar refractivity (Wildman–Crippen MR) is 180 cm³/mol. The van der Waals surface area contributed by atoms with Gasteiger partial charge in [0, 0.05) is 42.6 Å². The van der Waals surface area contributed by atoms with Crippen molar-refractivity contribution in [3.05, 3.63) is 70.3 Å². The number of rotatable bonds is 3. The molecule has 10 heteroatoms. The number of fused-ring (bicyclic) bond motifs is 4.